The molecule has 0 aliphatic heterocycles. The molecule has 2 aromatic carbocycles. The average molecular weight is 266 g/mol. The van der Waals surface area contributed by atoms with Gasteiger partial charge in [-0.15, -0.1) is 0 Å². The van der Waals surface area contributed by atoms with Gasteiger partial charge in [0.05, 0.1) is 0 Å². The average Bonchev–Trinajstić information content (AvgIpc) is 2.41. The fraction of sp³-hybridized carbons (Fsp3) is 0.400. The molecule has 0 bridgehead atoms. The van der Waals surface area contributed by atoms with Crippen molar-refractivity contribution in [3.63, 3.8) is 0 Å². The molecular weight excluding hydrogens is 240 g/mol. The van der Waals surface area contributed by atoms with E-state index in [1.807, 2.05) is 0 Å². The first-order valence-corrected chi connectivity index (χ1v) is 7.71. The molecule has 0 aliphatic rings. The monoisotopic (exact) mass is 266 g/mol. The van der Waals surface area contributed by atoms with Crippen LogP contribution in [0.2, 0.25) is 0 Å². The summed E-state index contributed by atoms with van der Waals surface area (Å²) in [6, 6.07) is 13.6. The Hall–Kier alpha value is -1.56. The van der Waals surface area contributed by atoms with Gasteiger partial charge < -0.3 is 0 Å². The van der Waals surface area contributed by atoms with Crippen LogP contribution in [0, 0.1) is 19.8 Å². The Morgan fingerprint density at radius 3 is 2.40 bits per heavy atom. The lowest BCUT2D eigenvalue weighted by Crippen LogP contribution is -1.97. The van der Waals surface area contributed by atoms with E-state index in [4.69, 9.17) is 0 Å². The molecule has 0 saturated heterocycles. The van der Waals surface area contributed by atoms with Crippen molar-refractivity contribution in [1.29, 1.82) is 0 Å². The SMILES string of the molecule is CCc1c(-c2cccc(CC(C)C)c2)ccc(C)c1C. The maximum Gasteiger partial charge on any atom is -0.0149 e. The van der Waals surface area contributed by atoms with Crippen LogP contribution in [0.3, 0.4) is 0 Å². The van der Waals surface area contributed by atoms with Gasteiger partial charge in [0.1, 0.15) is 0 Å². The minimum Gasteiger partial charge on any atom is -0.0625 e. The molecule has 0 aromatic heterocycles. The van der Waals surface area contributed by atoms with Crippen LogP contribution in [-0.2, 0) is 12.8 Å². The molecular formula is C20H26. The molecule has 0 unspecified atom stereocenters. The van der Waals surface area contributed by atoms with Crippen LogP contribution >= 0.6 is 0 Å². The van der Waals surface area contributed by atoms with Crippen LogP contribution in [0.15, 0.2) is 36.4 Å². The largest absolute Gasteiger partial charge is 0.0625 e. The molecule has 0 spiro atoms. The number of hydrogen-bond donors (Lipinski definition) is 0. The van der Waals surface area contributed by atoms with Crippen LogP contribution in [0.5, 0.6) is 0 Å². The maximum absolute atomic E-state index is 2.36. The van der Waals surface area contributed by atoms with Crippen molar-refractivity contribution in [3.8, 4) is 11.1 Å². The fourth-order valence-electron chi connectivity index (χ4n) is 2.94. The van der Waals surface area contributed by atoms with Crippen molar-refractivity contribution < 1.29 is 0 Å². The van der Waals surface area contributed by atoms with Gasteiger partial charge in [0, 0.05) is 0 Å². The molecule has 0 amide bonds. The molecule has 0 nitrogen and oxygen atoms in total. The summed E-state index contributed by atoms with van der Waals surface area (Å²) in [6.07, 6.45) is 2.25. The van der Waals surface area contributed by atoms with E-state index in [0.29, 0.717) is 5.92 Å². The zero-order valence-corrected chi connectivity index (χ0v) is 13.5. The minimum atomic E-state index is 0.704. The van der Waals surface area contributed by atoms with Crippen molar-refractivity contribution in [3.05, 3.63) is 58.7 Å². The third-order valence-electron chi connectivity index (χ3n) is 4.10. The summed E-state index contributed by atoms with van der Waals surface area (Å²) in [7, 11) is 0. The Morgan fingerprint density at radius 1 is 1.00 bits per heavy atom. The van der Waals surface area contributed by atoms with E-state index >= 15 is 0 Å². The van der Waals surface area contributed by atoms with Gasteiger partial charge >= 0.3 is 0 Å². The molecule has 0 heterocycles. The molecule has 0 fully saturated rings. The van der Waals surface area contributed by atoms with Crippen LogP contribution in [0.25, 0.3) is 11.1 Å². The van der Waals surface area contributed by atoms with E-state index < -0.39 is 0 Å². The molecule has 0 N–H and O–H groups in total. The zero-order chi connectivity index (χ0) is 14.7. The lowest BCUT2D eigenvalue weighted by molar-refractivity contribution is 0.647. The molecule has 20 heavy (non-hydrogen) atoms. The highest BCUT2D eigenvalue weighted by atomic mass is 14.1. The second-order valence-electron chi connectivity index (χ2n) is 6.19. The lowest BCUT2D eigenvalue weighted by Gasteiger charge is -2.15. The number of rotatable bonds is 4. The Morgan fingerprint density at radius 2 is 1.75 bits per heavy atom. The predicted molar refractivity (Wildman–Crippen MR) is 89.3 cm³/mol. The highest BCUT2D eigenvalue weighted by Gasteiger charge is 2.09. The molecule has 0 aliphatic carbocycles. The Balaban J connectivity index is 2.49. The van der Waals surface area contributed by atoms with E-state index in [9.17, 15) is 0 Å². The van der Waals surface area contributed by atoms with Gasteiger partial charge in [0.15, 0.2) is 0 Å². The summed E-state index contributed by atoms with van der Waals surface area (Å²) in [6.45, 7) is 11.3. The molecule has 106 valence electrons. The number of hydrogen-bond acceptors (Lipinski definition) is 0. The second-order valence-corrected chi connectivity index (χ2v) is 6.19. The molecule has 0 radical (unpaired) electrons. The van der Waals surface area contributed by atoms with Crippen molar-refractivity contribution in [2.75, 3.05) is 0 Å². The maximum atomic E-state index is 2.36. The Labute approximate surface area is 123 Å². The second kappa shape index (κ2) is 6.26. The Kier molecular flexibility index (Phi) is 4.65. The fourth-order valence-corrected chi connectivity index (χ4v) is 2.94. The predicted octanol–water partition coefficient (Wildman–Crippen LogP) is 5.73. The van der Waals surface area contributed by atoms with E-state index in [-0.39, 0.29) is 0 Å². The normalized spacial score (nSPS) is 11.1. The van der Waals surface area contributed by atoms with Crippen molar-refractivity contribution in [2.24, 2.45) is 5.92 Å². The number of benzene rings is 2. The van der Waals surface area contributed by atoms with Gasteiger partial charge in [-0.3, -0.25) is 0 Å². The van der Waals surface area contributed by atoms with Gasteiger partial charge in [-0.25, -0.2) is 0 Å². The van der Waals surface area contributed by atoms with Crippen LogP contribution < -0.4 is 0 Å². The van der Waals surface area contributed by atoms with Gasteiger partial charge in [0.2, 0.25) is 0 Å². The summed E-state index contributed by atoms with van der Waals surface area (Å²) in [5.74, 6) is 0.704. The molecule has 2 aromatic rings. The Bertz CT molecular complexity index is 591. The molecule has 0 heteroatoms. The standard InChI is InChI=1S/C20H26/c1-6-19-16(5)15(4)10-11-20(19)18-9-7-8-17(13-18)12-14(2)3/h7-11,13-14H,6,12H2,1-5H3. The van der Waals surface area contributed by atoms with Crippen LogP contribution in [-0.4, -0.2) is 0 Å². The van der Waals surface area contributed by atoms with Crippen molar-refractivity contribution in [2.45, 2.75) is 47.5 Å². The summed E-state index contributed by atoms with van der Waals surface area (Å²) >= 11 is 0. The molecule has 0 atom stereocenters. The third-order valence-corrected chi connectivity index (χ3v) is 4.10. The summed E-state index contributed by atoms with van der Waals surface area (Å²) in [4.78, 5) is 0. The quantitative estimate of drug-likeness (QED) is 0.662. The van der Waals surface area contributed by atoms with E-state index in [1.54, 1.807) is 0 Å². The van der Waals surface area contributed by atoms with Gasteiger partial charge in [0.25, 0.3) is 0 Å². The third kappa shape index (κ3) is 3.12. The first-order valence-electron chi connectivity index (χ1n) is 7.71. The van der Waals surface area contributed by atoms with Crippen molar-refractivity contribution >= 4 is 0 Å². The van der Waals surface area contributed by atoms with Crippen LogP contribution in [0.1, 0.15) is 43.0 Å². The summed E-state index contributed by atoms with van der Waals surface area (Å²) in [5.41, 5.74) is 8.54. The topological polar surface area (TPSA) is 0 Å². The van der Waals surface area contributed by atoms with Gasteiger partial charge in [-0.2, -0.15) is 0 Å². The van der Waals surface area contributed by atoms with E-state index in [2.05, 4.69) is 71.0 Å². The van der Waals surface area contributed by atoms with E-state index in [1.165, 1.54) is 33.4 Å². The van der Waals surface area contributed by atoms with E-state index in [0.717, 1.165) is 12.8 Å². The summed E-state index contributed by atoms with van der Waals surface area (Å²) in [5, 5.41) is 0. The van der Waals surface area contributed by atoms with Crippen molar-refractivity contribution in [1.82, 2.24) is 0 Å². The number of aryl methyl sites for hydroxylation is 1. The highest BCUT2D eigenvalue weighted by molar-refractivity contribution is 5.70. The smallest absolute Gasteiger partial charge is 0.0149 e. The van der Waals surface area contributed by atoms with Gasteiger partial charge in [-0.1, -0.05) is 57.2 Å². The summed E-state index contributed by atoms with van der Waals surface area (Å²) < 4.78 is 0. The zero-order valence-electron chi connectivity index (χ0n) is 13.5. The van der Waals surface area contributed by atoms with Gasteiger partial charge in [-0.05, 0) is 66.0 Å². The first-order chi connectivity index (χ1) is 9.52. The minimum absolute atomic E-state index is 0.704. The first kappa shape index (κ1) is 14.8. The lowest BCUT2D eigenvalue weighted by atomic mass is 9.90. The molecule has 0 saturated carbocycles. The van der Waals surface area contributed by atoms with Crippen LogP contribution in [0.4, 0.5) is 0 Å². The molecule has 2 rings (SSSR count). The highest BCUT2D eigenvalue weighted by Crippen LogP contribution is 2.29.